The molecule has 1 saturated heterocycles. The zero-order valence-corrected chi connectivity index (χ0v) is 11.1. The second kappa shape index (κ2) is 4.07. The molecule has 3 nitrogen and oxygen atoms in total. The van der Waals surface area contributed by atoms with Gasteiger partial charge >= 0.3 is 0 Å². The third-order valence-electron chi connectivity index (χ3n) is 4.79. The molecule has 19 heavy (non-hydrogen) atoms. The molecular weight excluding hydrogens is 236 g/mol. The summed E-state index contributed by atoms with van der Waals surface area (Å²) in [5, 5.41) is 3.33. The first kappa shape index (κ1) is 11.5. The number of hydrogen-bond acceptors (Lipinski definition) is 2. The first-order valence-corrected chi connectivity index (χ1v) is 7.33. The normalized spacial score (nSPS) is 32.9. The average molecular weight is 256 g/mol. The van der Waals surface area contributed by atoms with Gasteiger partial charge in [0, 0.05) is 25.6 Å². The van der Waals surface area contributed by atoms with Crippen molar-refractivity contribution in [3.8, 4) is 0 Å². The van der Waals surface area contributed by atoms with Crippen LogP contribution >= 0.6 is 0 Å². The van der Waals surface area contributed by atoms with Crippen molar-refractivity contribution in [2.45, 2.75) is 31.3 Å². The number of carbonyl (C=O) groups is 1. The van der Waals surface area contributed by atoms with Gasteiger partial charge in [-0.25, -0.2) is 0 Å². The summed E-state index contributed by atoms with van der Waals surface area (Å²) in [6, 6.07) is 10.6. The number of amides is 1. The van der Waals surface area contributed by atoms with Gasteiger partial charge in [0.25, 0.3) is 0 Å². The fraction of sp³-hybridized carbons (Fsp3) is 0.562. The van der Waals surface area contributed by atoms with E-state index >= 15 is 0 Å². The molecule has 0 spiro atoms. The van der Waals surface area contributed by atoms with E-state index in [1.807, 2.05) is 0 Å². The fourth-order valence-electron chi connectivity index (χ4n) is 3.44. The second-order valence-electron chi connectivity index (χ2n) is 6.48. The van der Waals surface area contributed by atoms with Gasteiger partial charge in [-0.3, -0.25) is 9.69 Å². The van der Waals surface area contributed by atoms with E-state index in [9.17, 15) is 4.79 Å². The van der Waals surface area contributed by atoms with Gasteiger partial charge in [-0.2, -0.15) is 0 Å². The monoisotopic (exact) mass is 256 g/mol. The summed E-state index contributed by atoms with van der Waals surface area (Å²) in [6.45, 7) is 3.18. The number of nitrogens with one attached hydrogen (secondary N) is 1. The van der Waals surface area contributed by atoms with Gasteiger partial charge in [0.15, 0.2) is 0 Å². The maximum absolute atomic E-state index is 11.9. The van der Waals surface area contributed by atoms with E-state index < -0.39 is 0 Å². The molecule has 1 aromatic carbocycles. The van der Waals surface area contributed by atoms with E-state index in [0.717, 1.165) is 32.5 Å². The average Bonchev–Trinajstić information content (AvgIpc) is 3.30. The Bertz CT molecular complexity index is 497. The van der Waals surface area contributed by atoms with Crippen LogP contribution in [0.15, 0.2) is 30.3 Å². The Hall–Kier alpha value is -1.35. The number of piperidine rings is 1. The Morgan fingerprint density at radius 2 is 2.11 bits per heavy atom. The number of carbonyl (C=O) groups excluding carboxylic acids is 1. The standard InChI is InChI=1S/C16H20N2O/c19-15(13-6-7-13)17-16-8-14(16)10-18(11-16)9-12-4-2-1-3-5-12/h1-5,13-14H,6-11H2,(H,17,19)/t14-,16-/m1/s1. The summed E-state index contributed by atoms with van der Waals surface area (Å²) < 4.78 is 0. The summed E-state index contributed by atoms with van der Waals surface area (Å²) in [5.74, 6) is 1.33. The number of likely N-dealkylation sites (tertiary alicyclic amines) is 1. The SMILES string of the molecule is O=C(N[C@@]12C[C@@H]1CN(Cc1ccccc1)C2)C1CC1. The molecule has 0 bridgehead atoms. The quantitative estimate of drug-likeness (QED) is 0.890. The Morgan fingerprint density at radius 3 is 2.84 bits per heavy atom. The molecule has 3 fully saturated rings. The molecule has 2 saturated carbocycles. The number of fused-ring (bicyclic) bond motifs is 1. The van der Waals surface area contributed by atoms with E-state index in [-0.39, 0.29) is 5.54 Å². The Kier molecular flexibility index (Phi) is 2.46. The highest BCUT2D eigenvalue weighted by Gasteiger charge is 2.61. The third kappa shape index (κ3) is 2.16. The molecule has 1 amide bonds. The molecule has 1 heterocycles. The van der Waals surface area contributed by atoms with E-state index in [1.165, 1.54) is 12.0 Å². The highest BCUT2D eigenvalue weighted by Crippen LogP contribution is 2.50. The predicted molar refractivity (Wildman–Crippen MR) is 73.4 cm³/mol. The van der Waals surface area contributed by atoms with Crippen molar-refractivity contribution in [3.05, 3.63) is 35.9 Å². The molecule has 0 unspecified atom stereocenters. The van der Waals surface area contributed by atoms with Crippen LogP contribution in [0.3, 0.4) is 0 Å². The Labute approximate surface area is 114 Å². The van der Waals surface area contributed by atoms with Crippen LogP contribution in [-0.4, -0.2) is 29.4 Å². The maximum atomic E-state index is 11.9. The summed E-state index contributed by atoms with van der Waals surface area (Å²) >= 11 is 0. The molecule has 1 aromatic rings. The van der Waals surface area contributed by atoms with E-state index in [1.54, 1.807) is 0 Å². The van der Waals surface area contributed by atoms with Gasteiger partial charge in [-0.05, 0) is 30.7 Å². The highest BCUT2D eigenvalue weighted by molar-refractivity contribution is 5.82. The highest BCUT2D eigenvalue weighted by atomic mass is 16.2. The minimum Gasteiger partial charge on any atom is -0.349 e. The second-order valence-corrected chi connectivity index (χ2v) is 6.48. The van der Waals surface area contributed by atoms with Crippen LogP contribution in [-0.2, 0) is 11.3 Å². The first-order valence-electron chi connectivity index (χ1n) is 7.33. The van der Waals surface area contributed by atoms with Crippen molar-refractivity contribution in [3.63, 3.8) is 0 Å². The molecule has 2 aliphatic carbocycles. The molecule has 3 heteroatoms. The minimum absolute atomic E-state index is 0.133. The van der Waals surface area contributed by atoms with Gasteiger partial charge in [0.1, 0.15) is 0 Å². The summed E-state index contributed by atoms with van der Waals surface area (Å²) in [5.41, 5.74) is 1.50. The molecule has 1 aliphatic heterocycles. The molecular formula is C16H20N2O. The molecule has 4 rings (SSSR count). The lowest BCUT2D eigenvalue weighted by atomic mass is 10.2. The van der Waals surface area contributed by atoms with Crippen LogP contribution in [0.2, 0.25) is 0 Å². The molecule has 100 valence electrons. The molecule has 3 aliphatic rings. The summed E-state index contributed by atoms with van der Waals surface area (Å²) in [6.07, 6.45) is 3.39. The van der Waals surface area contributed by atoms with Crippen LogP contribution in [0.1, 0.15) is 24.8 Å². The van der Waals surface area contributed by atoms with Crippen LogP contribution in [0.4, 0.5) is 0 Å². The van der Waals surface area contributed by atoms with Crippen molar-refractivity contribution < 1.29 is 4.79 Å². The van der Waals surface area contributed by atoms with Gasteiger partial charge in [0.2, 0.25) is 5.91 Å². The lowest BCUT2D eigenvalue weighted by molar-refractivity contribution is -0.123. The lowest BCUT2D eigenvalue weighted by Crippen LogP contribution is -2.42. The van der Waals surface area contributed by atoms with Gasteiger partial charge in [-0.15, -0.1) is 0 Å². The topological polar surface area (TPSA) is 32.3 Å². The smallest absolute Gasteiger partial charge is 0.223 e. The van der Waals surface area contributed by atoms with Crippen molar-refractivity contribution in [2.24, 2.45) is 11.8 Å². The predicted octanol–water partition coefficient (Wildman–Crippen LogP) is 1.79. The van der Waals surface area contributed by atoms with Crippen LogP contribution < -0.4 is 5.32 Å². The van der Waals surface area contributed by atoms with Crippen molar-refractivity contribution in [2.75, 3.05) is 13.1 Å². The summed E-state index contributed by atoms with van der Waals surface area (Å²) in [7, 11) is 0. The zero-order chi connectivity index (χ0) is 12.9. The third-order valence-corrected chi connectivity index (χ3v) is 4.79. The van der Waals surface area contributed by atoms with E-state index in [2.05, 4.69) is 40.5 Å². The zero-order valence-electron chi connectivity index (χ0n) is 11.1. The molecule has 0 aromatic heterocycles. The van der Waals surface area contributed by atoms with Crippen molar-refractivity contribution >= 4 is 5.91 Å². The Balaban J connectivity index is 1.37. The number of rotatable bonds is 4. The van der Waals surface area contributed by atoms with Crippen LogP contribution in [0, 0.1) is 11.8 Å². The number of hydrogen-bond donors (Lipinski definition) is 1. The van der Waals surface area contributed by atoms with Gasteiger partial charge in [0.05, 0.1) is 5.54 Å². The van der Waals surface area contributed by atoms with E-state index in [4.69, 9.17) is 0 Å². The maximum Gasteiger partial charge on any atom is 0.223 e. The Morgan fingerprint density at radius 1 is 1.32 bits per heavy atom. The summed E-state index contributed by atoms with van der Waals surface area (Å²) in [4.78, 5) is 14.4. The largest absolute Gasteiger partial charge is 0.349 e. The van der Waals surface area contributed by atoms with Crippen molar-refractivity contribution in [1.29, 1.82) is 0 Å². The first-order chi connectivity index (χ1) is 9.25. The van der Waals surface area contributed by atoms with Crippen molar-refractivity contribution in [1.82, 2.24) is 10.2 Å². The molecule has 0 radical (unpaired) electrons. The van der Waals surface area contributed by atoms with Crippen LogP contribution in [0.25, 0.3) is 0 Å². The molecule has 2 atom stereocenters. The van der Waals surface area contributed by atoms with E-state index in [0.29, 0.717) is 17.7 Å². The lowest BCUT2D eigenvalue weighted by Gasteiger charge is -2.21. The number of nitrogens with zero attached hydrogens (tertiary/aromatic N) is 1. The molecule has 1 N–H and O–H groups in total. The van der Waals surface area contributed by atoms with Gasteiger partial charge < -0.3 is 5.32 Å². The van der Waals surface area contributed by atoms with Gasteiger partial charge in [-0.1, -0.05) is 30.3 Å². The number of benzene rings is 1. The minimum atomic E-state index is 0.133. The van der Waals surface area contributed by atoms with Crippen LogP contribution in [0.5, 0.6) is 0 Å². The fourth-order valence-corrected chi connectivity index (χ4v) is 3.44.